The summed E-state index contributed by atoms with van der Waals surface area (Å²) in [5.74, 6) is -0.418. The van der Waals surface area contributed by atoms with E-state index in [1.165, 1.54) is 4.57 Å². The number of aryl methyl sites for hydroxylation is 1. The van der Waals surface area contributed by atoms with Gasteiger partial charge in [0.1, 0.15) is 5.02 Å². The Morgan fingerprint density at radius 2 is 2.03 bits per heavy atom. The van der Waals surface area contributed by atoms with Crippen molar-refractivity contribution >= 4 is 40.5 Å². The summed E-state index contributed by atoms with van der Waals surface area (Å²) in [7, 11) is 1.64. The van der Waals surface area contributed by atoms with E-state index in [-0.39, 0.29) is 17.2 Å². The van der Waals surface area contributed by atoms with E-state index in [0.29, 0.717) is 28.9 Å². The maximum atomic E-state index is 12.6. The van der Waals surface area contributed by atoms with Gasteiger partial charge in [0.15, 0.2) is 5.69 Å². The van der Waals surface area contributed by atoms with Crippen molar-refractivity contribution in [3.8, 4) is 0 Å². The highest BCUT2D eigenvalue weighted by molar-refractivity contribution is 6.31. The first-order chi connectivity index (χ1) is 15.3. The molecule has 1 aliphatic carbocycles. The van der Waals surface area contributed by atoms with Crippen LogP contribution >= 0.6 is 23.2 Å². The molecule has 1 aromatic carbocycles. The zero-order valence-corrected chi connectivity index (χ0v) is 19.6. The van der Waals surface area contributed by atoms with Crippen LogP contribution in [0.15, 0.2) is 35.3 Å². The molecule has 0 amide bonds. The minimum absolute atomic E-state index is 0.118. The highest BCUT2D eigenvalue weighted by Crippen LogP contribution is 2.37. The van der Waals surface area contributed by atoms with Crippen molar-refractivity contribution in [1.82, 2.24) is 14.3 Å². The van der Waals surface area contributed by atoms with Crippen LogP contribution in [0.2, 0.25) is 10.0 Å². The molecule has 0 radical (unpaired) electrons. The maximum absolute atomic E-state index is 12.6. The van der Waals surface area contributed by atoms with Crippen LogP contribution in [-0.2, 0) is 18.2 Å². The molecule has 0 unspecified atom stereocenters. The summed E-state index contributed by atoms with van der Waals surface area (Å²) < 4.78 is 8.61. The molecule has 3 aromatic rings. The lowest BCUT2D eigenvalue weighted by atomic mass is 10.0. The van der Waals surface area contributed by atoms with Gasteiger partial charge in [-0.05, 0) is 50.5 Å². The largest absolute Gasteiger partial charge is 0.461 e. The number of hydrogen-bond donors (Lipinski definition) is 1. The van der Waals surface area contributed by atoms with Gasteiger partial charge < -0.3 is 14.6 Å². The van der Waals surface area contributed by atoms with Crippen LogP contribution < -0.4 is 10.9 Å². The van der Waals surface area contributed by atoms with E-state index in [4.69, 9.17) is 27.9 Å². The monoisotopic (exact) mass is 474 g/mol. The van der Waals surface area contributed by atoms with Gasteiger partial charge in [0.2, 0.25) is 0 Å². The molecule has 0 spiro atoms. The van der Waals surface area contributed by atoms with E-state index in [9.17, 15) is 9.59 Å². The first-order valence-electron chi connectivity index (χ1n) is 10.4. The SMILES string of the molecule is CCOC(=O)c1nn(C2CC2)c(C)c1Cc1ccc(Cl)cc1Nc1cc(Cl)c(=O)n(C)c1. The van der Waals surface area contributed by atoms with Gasteiger partial charge in [-0.1, -0.05) is 29.3 Å². The third-order valence-electron chi connectivity index (χ3n) is 5.49. The third kappa shape index (κ3) is 4.54. The molecule has 4 rings (SSSR count). The first-order valence-corrected chi connectivity index (χ1v) is 11.2. The molecule has 9 heteroatoms. The van der Waals surface area contributed by atoms with Crippen LogP contribution in [0.25, 0.3) is 0 Å². The zero-order valence-electron chi connectivity index (χ0n) is 18.1. The van der Waals surface area contributed by atoms with Gasteiger partial charge in [0, 0.05) is 41.6 Å². The number of hydrogen-bond acceptors (Lipinski definition) is 5. The fraction of sp³-hybridized carbons (Fsp3) is 0.348. The van der Waals surface area contributed by atoms with Gasteiger partial charge in [-0.15, -0.1) is 0 Å². The zero-order chi connectivity index (χ0) is 23.0. The summed E-state index contributed by atoms with van der Waals surface area (Å²) in [4.78, 5) is 24.5. The Bertz CT molecular complexity index is 1220. The topological polar surface area (TPSA) is 78.2 Å². The van der Waals surface area contributed by atoms with E-state index in [1.807, 2.05) is 17.7 Å². The molecule has 0 aliphatic heterocycles. The van der Waals surface area contributed by atoms with Gasteiger partial charge in [-0.3, -0.25) is 9.48 Å². The normalized spacial score (nSPS) is 13.3. The number of anilines is 2. The molecule has 2 aromatic heterocycles. The molecule has 168 valence electrons. The quantitative estimate of drug-likeness (QED) is 0.485. The third-order valence-corrected chi connectivity index (χ3v) is 6.00. The second-order valence-corrected chi connectivity index (χ2v) is 8.75. The van der Waals surface area contributed by atoms with Crippen molar-refractivity contribution < 1.29 is 9.53 Å². The smallest absolute Gasteiger partial charge is 0.359 e. The number of benzene rings is 1. The summed E-state index contributed by atoms with van der Waals surface area (Å²) in [6, 6.07) is 7.44. The van der Waals surface area contributed by atoms with Crippen LogP contribution in [0, 0.1) is 6.92 Å². The lowest BCUT2D eigenvalue weighted by molar-refractivity contribution is 0.0517. The molecule has 1 N–H and O–H groups in total. The molecule has 1 saturated carbocycles. The van der Waals surface area contributed by atoms with Crippen molar-refractivity contribution in [2.24, 2.45) is 7.05 Å². The van der Waals surface area contributed by atoms with Crippen LogP contribution in [0.4, 0.5) is 11.4 Å². The lowest BCUT2D eigenvalue weighted by Gasteiger charge is -2.14. The average Bonchev–Trinajstić information content (AvgIpc) is 3.53. The fourth-order valence-corrected chi connectivity index (χ4v) is 4.13. The number of carbonyl (C=O) groups excluding carboxylic acids is 1. The molecule has 0 saturated heterocycles. The summed E-state index contributed by atoms with van der Waals surface area (Å²) in [5, 5.41) is 8.57. The summed E-state index contributed by atoms with van der Waals surface area (Å²) >= 11 is 12.3. The van der Waals surface area contributed by atoms with E-state index in [0.717, 1.165) is 35.3 Å². The van der Waals surface area contributed by atoms with Crippen molar-refractivity contribution in [1.29, 1.82) is 0 Å². The van der Waals surface area contributed by atoms with Crippen LogP contribution in [0.3, 0.4) is 0 Å². The van der Waals surface area contributed by atoms with Gasteiger partial charge >= 0.3 is 5.97 Å². The molecule has 1 aliphatic rings. The predicted molar refractivity (Wildman–Crippen MR) is 125 cm³/mol. The van der Waals surface area contributed by atoms with Gasteiger partial charge in [-0.25, -0.2) is 4.79 Å². The summed E-state index contributed by atoms with van der Waals surface area (Å²) in [6.07, 6.45) is 4.25. The highest BCUT2D eigenvalue weighted by Gasteiger charge is 2.31. The number of aromatic nitrogens is 3. The van der Waals surface area contributed by atoms with Crippen molar-refractivity contribution in [2.75, 3.05) is 11.9 Å². The van der Waals surface area contributed by atoms with E-state index in [2.05, 4.69) is 10.4 Å². The number of carbonyl (C=O) groups is 1. The Balaban J connectivity index is 1.73. The molecule has 0 atom stereocenters. The Hall–Kier alpha value is -2.77. The Morgan fingerprint density at radius 3 is 2.69 bits per heavy atom. The molecule has 7 nitrogen and oxygen atoms in total. The second kappa shape index (κ2) is 9.00. The average molecular weight is 475 g/mol. The maximum Gasteiger partial charge on any atom is 0.359 e. The van der Waals surface area contributed by atoms with Gasteiger partial charge in [-0.2, -0.15) is 5.10 Å². The summed E-state index contributed by atoms with van der Waals surface area (Å²) in [5.41, 5.74) is 4.19. The number of esters is 1. The Morgan fingerprint density at radius 1 is 1.28 bits per heavy atom. The minimum Gasteiger partial charge on any atom is -0.461 e. The van der Waals surface area contributed by atoms with Crippen molar-refractivity contribution in [3.05, 3.63) is 73.4 Å². The molecule has 2 heterocycles. The number of halogens is 2. The van der Waals surface area contributed by atoms with E-state index >= 15 is 0 Å². The number of rotatable bonds is 7. The van der Waals surface area contributed by atoms with Crippen molar-refractivity contribution in [3.63, 3.8) is 0 Å². The Kier molecular flexibility index (Phi) is 6.31. The first kappa shape index (κ1) is 22.4. The van der Waals surface area contributed by atoms with Gasteiger partial charge in [0.25, 0.3) is 5.56 Å². The predicted octanol–water partition coefficient (Wildman–Crippen LogP) is 5.04. The minimum atomic E-state index is -0.418. The van der Waals surface area contributed by atoms with Gasteiger partial charge in [0.05, 0.1) is 18.3 Å². The number of nitrogens with zero attached hydrogens (tertiary/aromatic N) is 3. The molecule has 32 heavy (non-hydrogen) atoms. The fourth-order valence-electron chi connectivity index (χ4n) is 3.71. The number of ether oxygens (including phenoxy) is 1. The molecule has 0 bridgehead atoms. The van der Waals surface area contributed by atoms with Crippen LogP contribution in [-0.4, -0.2) is 26.9 Å². The highest BCUT2D eigenvalue weighted by atomic mass is 35.5. The number of nitrogens with one attached hydrogen (secondary N) is 1. The summed E-state index contributed by atoms with van der Waals surface area (Å²) in [6.45, 7) is 4.05. The molecular formula is C23H24Cl2N4O3. The van der Waals surface area contributed by atoms with Crippen LogP contribution in [0.5, 0.6) is 0 Å². The van der Waals surface area contributed by atoms with E-state index < -0.39 is 5.97 Å². The molecule has 1 fully saturated rings. The standard InChI is InChI=1S/C23H24Cl2N4O3/c1-4-32-23(31)21-18(13(2)29(27-21)17-7-8-17)9-14-5-6-15(24)10-20(14)26-16-11-19(25)22(30)28(3)12-16/h5-6,10-12,17,26H,4,7-9H2,1-3H3. The second-order valence-electron chi connectivity index (χ2n) is 7.90. The lowest BCUT2D eigenvalue weighted by Crippen LogP contribution is -2.16. The van der Waals surface area contributed by atoms with Crippen molar-refractivity contribution in [2.45, 2.75) is 39.2 Å². The van der Waals surface area contributed by atoms with Crippen LogP contribution in [0.1, 0.15) is 53.1 Å². The van der Waals surface area contributed by atoms with E-state index in [1.54, 1.807) is 38.4 Å². The Labute approximate surface area is 195 Å². The number of pyridine rings is 1. The molecular weight excluding hydrogens is 451 g/mol.